The number of rotatable bonds is 5. The third-order valence-electron chi connectivity index (χ3n) is 3.94. The number of benzene rings is 2. The number of nitrogens with one attached hydrogen (secondary N) is 2. The second-order valence-corrected chi connectivity index (χ2v) is 5.85. The first kappa shape index (κ1) is 21.8. The fourth-order valence-electron chi connectivity index (χ4n) is 2.61. The van der Waals surface area contributed by atoms with Gasteiger partial charge in [0.1, 0.15) is 5.75 Å². The van der Waals surface area contributed by atoms with Crippen LogP contribution in [0.1, 0.15) is 35.2 Å². The van der Waals surface area contributed by atoms with Crippen LogP contribution in [0, 0.1) is 18.3 Å². The lowest BCUT2D eigenvalue weighted by atomic mass is 10.0. The molecule has 2 rings (SSSR count). The van der Waals surface area contributed by atoms with E-state index < -0.39 is 0 Å². The van der Waals surface area contributed by atoms with Crippen molar-refractivity contribution in [2.24, 2.45) is 4.99 Å². The first-order valence-electron chi connectivity index (χ1n) is 8.18. The molecule has 6 heteroatoms. The van der Waals surface area contributed by atoms with E-state index in [2.05, 4.69) is 41.6 Å². The number of guanidine groups is 1. The Hall–Kier alpha value is -2.27. The van der Waals surface area contributed by atoms with Crippen LogP contribution in [-0.4, -0.2) is 20.1 Å². The van der Waals surface area contributed by atoms with Crippen molar-refractivity contribution >= 4 is 29.9 Å². The number of ether oxygens (including phenoxy) is 1. The van der Waals surface area contributed by atoms with Gasteiger partial charge in [-0.05, 0) is 37.6 Å². The monoisotopic (exact) mass is 464 g/mol. The Labute approximate surface area is 172 Å². The summed E-state index contributed by atoms with van der Waals surface area (Å²) in [5, 5.41) is 15.6. The summed E-state index contributed by atoms with van der Waals surface area (Å²) in [6.07, 6.45) is 0. The Morgan fingerprint density at radius 1 is 1.27 bits per heavy atom. The van der Waals surface area contributed by atoms with Crippen molar-refractivity contribution in [3.05, 3.63) is 64.7 Å². The van der Waals surface area contributed by atoms with Gasteiger partial charge in [0.2, 0.25) is 0 Å². The van der Waals surface area contributed by atoms with Gasteiger partial charge in [-0.15, -0.1) is 24.0 Å². The molecule has 0 saturated heterocycles. The minimum absolute atomic E-state index is 0. The zero-order chi connectivity index (χ0) is 18.2. The van der Waals surface area contributed by atoms with Gasteiger partial charge >= 0.3 is 0 Å². The molecular weight excluding hydrogens is 439 g/mol. The molecule has 0 heterocycles. The quantitative estimate of drug-likeness (QED) is 0.400. The van der Waals surface area contributed by atoms with Crippen LogP contribution in [0.2, 0.25) is 0 Å². The van der Waals surface area contributed by atoms with E-state index in [4.69, 9.17) is 10.00 Å². The maximum atomic E-state index is 8.98. The van der Waals surface area contributed by atoms with Crippen molar-refractivity contribution in [1.29, 1.82) is 5.26 Å². The van der Waals surface area contributed by atoms with Gasteiger partial charge in [-0.2, -0.15) is 5.26 Å². The average Bonchev–Trinajstić information content (AvgIpc) is 2.65. The number of hydrogen-bond donors (Lipinski definition) is 2. The molecule has 0 fully saturated rings. The van der Waals surface area contributed by atoms with Crippen molar-refractivity contribution in [2.45, 2.75) is 26.4 Å². The molecule has 2 aromatic rings. The van der Waals surface area contributed by atoms with Crippen LogP contribution >= 0.6 is 24.0 Å². The maximum Gasteiger partial charge on any atom is 0.191 e. The van der Waals surface area contributed by atoms with E-state index in [-0.39, 0.29) is 30.0 Å². The van der Waals surface area contributed by atoms with E-state index in [0.29, 0.717) is 18.1 Å². The minimum atomic E-state index is 0. The molecule has 0 bridgehead atoms. The topological polar surface area (TPSA) is 69.4 Å². The van der Waals surface area contributed by atoms with E-state index in [9.17, 15) is 0 Å². The molecule has 0 aliphatic rings. The summed E-state index contributed by atoms with van der Waals surface area (Å²) in [5.74, 6) is 1.54. The summed E-state index contributed by atoms with van der Waals surface area (Å²) in [6, 6.07) is 15.8. The van der Waals surface area contributed by atoms with Gasteiger partial charge in [0.15, 0.2) is 5.96 Å². The standard InChI is InChI=1S/C20H24N4O.HI/c1-14-8-9-19(25-4)18(10-14)15(2)24-20(22-3)23-13-17-7-5-6-16(11-17)12-21;/h5-11,15H,13H2,1-4H3,(H2,22,23,24);1H. The number of nitriles is 1. The van der Waals surface area contributed by atoms with Crippen LogP contribution in [-0.2, 0) is 6.54 Å². The average molecular weight is 464 g/mol. The zero-order valence-electron chi connectivity index (χ0n) is 15.5. The van der Waals surface area contributed by atoms with E-state index in [1.54, 1.807) is 20.2 Å². The molecule has 0 aliphatic carbocycles. The predicted molar refractivity (Wildman–Crippen MR) is 116 cm³/mol. The summed E-state index contributed by atoms with van der Waals surface area (Å²) < 4.78 is 5.46. The van der Waals surface area contributed by atoms with Crippen molar-refractivity contribution in [3.8, 4) is 11.8 Å². The Bertz CT molecular complexity index is 799. The number of aryl methyl sites for hydroxylation is 1. The van der Waals surface area contributed by atoms with E-state index in [0.717, 1.165) is 16.9 Å². The molecule has 0 radical (unpaired) electrons. The van der Waals surface area contributed by atoms with Crippen molar-refractivity contribution < 1.29 is 4.74 Å². The molecule has 0 saturated carbocycles. The van der Waals surface area contributed by atoms with E-state index in [1.165, 1.54) is 5.56 Å². The molecule has 138 valence electrons. The highest BCUT2D eigenvalue weighted by atomic mass is 127. The van der Waals surface area contributed by atoms with E-state index >= 15 is 0 Å². The number of hydrogen-bond acceptors (Lipinski definition) is 3. The summed E-state index contributed by atoms with van der Waals surface area (Å²) in [6.45, 7) is 4.72. The second kappa shape index (κ2) is 10.7. The van der Waals surface area contributed by atoms with Gasteiger partial charge in [-0.3, -0.25) is 4.99 Å². The van der Waals surface area contributed by atoms with Crippen LogP contribution in [0.15, 0.2) is 47.5 Å². The number of aliphatic imine (C=N–C) groups is 1. The van der Waals surface area contributed by atoms with Crippen LogP contribution in [0.4, 0.5) is 0 Å². The van der Waals surface area contributed by atoms with Gasteiger partial charge in [0.25, 0.3) is 0 Å². The third kappa shape index (κ3) is 5.92. The fraction of sp³-hybridized carbons (Fsp3) is 0.300. The highest BCUT2D eigenvalue weighted by Crippen LogP contribution is 2.25. The Morgan fingerprint density at radius 3 is 2.69 bits per heavy atom. The lowest BCUT2D eigenvalue weighted by Gasteiger charge is -2.20. The second-order valence-electron chi connectivity index (χ2n) is 5.85. The molecule has 2 aromatic carbocycles. The SMILES string of the molecule is CN=C(NCc1cccc(C#N)c1)NC(C)c1cc(C)ccc1OC.I. The summed E-state index contributed by atoms with van der Waals surface area (Å²) >= 11 is 0. The van der Waals surface area contributed by atoms with Crippen molar-refractivity contribution in [1.82, 2.24) is 10.6 Å². The van der Waals surface area contributed by atoms with E-state index in [1.807, 2.05) is 30.3 Å². The van der Waals surface area contributed by atoms with Gasteiger partial charge < -0.3 is 15.4 Å². The first-order chi connectivity index (χ1) is 12.1. The number of nitrogens with zero attached hydrogens (tertiary/aromatic N) is 2. The molecule has 0 aromatic heterocycles. The normalized spacial score (nSPS) is 11.7. The summed E-state index contributed by atoms with van der Waals surface area (Å²) in [5.41, 5.74) is 3.94. The molecule has 26 heavy (non-hydrogen) atoms. The first-order valence-corrected chi connectivity index (χ1v) is 8.18. The van der Waals surface area contributed by atoms with Gasteiger partial charge in [0.05, 0.1) is 24.8 Å². The Kier molecular flexibility index (Phi) is 8.93. The minimum Gasteiger partial charge on any atom is -0.496 e. The molecule has 2 N–H and O–H groups in total. The van der Waals surface area contributed by atoms with Crippen LogP contribution < -0.4 is 15.4 Å². The largest absolute Gasteiger partial charge is 0.496 e. The lowest BCUT2D eigenvalue weighted by molar-refractivity contribution is 0.405. The molecule has 0 spiro atoms. The smallest absolute Gasteiger partial charge is 0.191 e. The number of methoxy groups -OCH3 is 1. The molecule has 1 unspecified atom stereocenters. The van der Waals surface area contributed by atoms with Gasteiger partial charge in [0, 0.05) is 19.2 Å². The molecule has 0 amide bonds. The van der Waals surface area contributed by atoms with Gasteiger partial charge in [-0.25, -0.2) is 0 Å². The zero-order valence-corrected chi connectivity index (χ0v) is 17.9. The molecular formula is C20H25IN4O. The predicted octanol–water partition coefficient (Wildman–Crippen LogP) is 3.92. The van der Waals surface area contributed by atoms with Crippen LogP contribution in [0.25, 0.3) is 0 Å². The third-order valence-corrected chi connectivity index (χ3v) is 3.94. The maximum absolute atomic E-state index is 8.98. The highest BCUT2D eigenvalue weighted by Gasteiger charge is 2.13. The summed E-state index contributed by atoms with van der Waals surface area (Å²) in [4.78, 5) is 4.28. The Morgan fingerprint density at radius 2 is 2.04 bits per heavy atom. The molecule has 0 aliphatic heterocycles. The molecule has 1 atom stereocenters. The van der Waals surface area contributed by atoms with Crippen LogP contribution in [0.5, 0.6) is 5.75 Å². The van der Waals surface area contributed by atoms with Crippen molar-refractivity contribution in [3.63, 3.8) is 0 Å². The van der Waals surface area contributed by atoms with Crippen LogP contribution in [0.3, 0.4) is 0 Å². The fourth-order valence-corrected chi connectivity index (χ4v) is 2.61. The van der Waals surface area contributed by atoms with Crippen molar-refractivity contribution in [2.75, 3.05) is 14.2 Å². The molecule has 5 nitrogen and oxygen atoms in total. The lowest BCUT2D eigenvalue weighted by Crippen LogP contribution is -2.38. The highest BCUT2D eigenvalue weighted by molar-refractivity contribution is 14.0. The summed E-state index contributed by atoms with van der Waals surface area (Å²) in [7, 11) is 3.41. The Balaban J connectivity index is 0.00000338. The van der Waals surface area contributed by atoms with Gasteiger partial charge in [-0.1, -0.05) is 29.8 Å². The number of halogens is 1.